The van der Waals surface area contributed by atoms with Crippen LogP contribution in [-0.2, 0) is 11.3 Å². The maximum Gasteiger partial charge on any atom is 0.234 e. The summed E-state index contributed by atoms with van der Waals surface area (Å²) in [5, 5.41) is 13.7. The minimum Gasteiger partial charge on any atom is -0.491 e. The van der Waals surface area contributed by atoms with Gasteiger partial charge in [-0.15, -0.1) is 0 Å². The Morgan fingerprint density at radius 1 is 1.11 bits per heavy atom. The predicted molar refractivity (Wildman–Crippen MR) is 106 cm³/mol. The Morgan fingerprint density at radius 2 is 1.78 bits per heavy atom. The molecule has 5 heteroatoms. The Labute approximate surface area is 161 Å². The minimum atomic E-state index is -0.831. The van der Waals surface area contributed by atoms with Crippen LogP contribution >= 0.6 is 0 Å². The molecule has 1 saturated heterocycles. The van der Waals surface area contributed by atoms with Crippen LogP contribution in [0.5, 0.6) is 5.75 Å². The third-order valence-corrected chi connectivity index (χ3v) is 5.01. The molecule has 0 aromatic heterocycles. The molecule has 1 amide bonds. The topological polar surface area (TPSA) is 61.8 Å². The van der Waals surface area contributed by atoms with Crippen molar-refractivity contribution in [2.45, 2.75) is 31.9 Å². The standard InChI is InChI=1S/C22H28N2O3/c1-18-7-9-20(10-8-18)27-17-22(26)11-13-24(14-12-22)16-21(25)23-15-19-5-3-2-4-6-19/h2-10,26H,11-17H2,1H3,(H,23,25). The summed E-state index contributed by atoms with van der Waals surface area (Å²) in [6, 6.07) is 17.7. The Balaban J connectivity index is 1.38. The molecule has 0 unspecified atom stereocenters. The zero-order chi connectivity index (χ0) is 19.1. The highest BCUT2D eigenvalue weighted by Crippen LogP contribution is 2.24. The summed E-state index contributed by atoms with van der Waals surface area (Å²) in [7, 11) is 0. The van der Waals surface area contributed by atoms with Crippen LogP contribution in [0, 0.1) is 6.92 Å². The molecule has 0 saturated carbocycles. The molecule has 27 heavy (non-hydrogen) atoms. The van der Waals surface area contributed by atoms with E-state index in [9.17, 15) is 9.90 Å². The Morgan fingerprint density at radius 3 is 2.44 bits per heavy atom. The van der Waals surface area contributed by atoms with E-state index >= 15 is 0 Å². The van der Waals surface area contributed by atoms with Crippen LogP contribution in [0.3, 0.4) is 0 Å². The molecule has 2 aromatic rings. The summed E-state index contributed by atoms with van der Waals surface area (Å²) in [5.41, 5.74) is 1.44. The van der Waals surface area contributed by atoms with Gasteiger partial charge in [-0.25, -0.2) is 0 Å². The third kappa shape index (κ3) is 6.08. The van der Waals surface area contributed by atoms with E-state index in [0.29, 0.717) is 39.0 Å². The molecule has 144 valence electrons. The fraction of sp³-hybridized carbons (Fsp3) is 0.409. The molecule has 5 nitrogen and oxygen atoms in total. The molecule has 0 radical (unpaired) electrons. The van der Waals surface area contributed by atoms with Gasteiger partial charge >= 0.3 is 0 Å². The number of hydrogen-bond donors (Lipinski definition) is 2. The van der Waals surface area contributed by atoms with E-state index in [0.717, 1.165) is 11.3 Å². The number of nitrogens with one attached hydrogen (secondary N) is 1. The van der Waals surface area contributed by atoms with Gasteiger partial charge in [0.25, 0.3) is 0 Å². The van der Waals surface area contributed by atoms with E-state index < -0.39 is 5.60 Å². The number of aryl methyl sites for hydroxylation is 1. The lowest BCUT2D eigenvalue weighted by Gasteiger charge is -2.37. The second kappa shape index (κ2) is 9.02. The molecule has 2 N–H and O–H groups in total. The molecule has 0 spiro atoms. The van der Waals surface area contributed by atoms with Gasteiger partial charge in [0.15, 0.2) is 0 Å². The molecule has 0 atom stereocenters. The van der Waals surface area contributed by atoms with Crippen molar-refractivity contribution in [3.63, 3.8) is 0 Å². The summed E-state index contributed by atoms with van der Waals surface area (Å²) in [5.74, 6) is 0.789. The largest absolute Gasteiger partial charge is 0.491 e. The van der Waals surface area contributed by atoms with Crippen LogP contribution < -0.4 is 10.1 Å². The van der Waals surface area contributed by atoms with Gasteiger partial charge in [-0.2, -0.15) is 0 Å². The lowest BCUT2D eigenvalue weighted by molar-refractivity contribution is -0.124. The SMILES string of the molecule is Cc1ccc(OCC2(O)CCN(CC(=O)NCc3ccccc3)CC2)cc1. The first-order valence-corrected chi connectivity index (χ1v) is 9.47. The first-order valence-electron chi connectivity index (χ1n) is 9.47. The number of ether oxygens (including phenoxy) is 1. The van der Waals surface area contributed by atoms with Crippen LogP contribution in [0.1, 0.15) is 24.0 Å². The number of carbonyl (C=O) groups excluding carboxylic acids is 1. The van der Waals surface area contributed by atoms with Crippen molar-refractivity contribution in [2.24, 2.45) is 0 Å². The molecule has 0 bridgehead atoms. The van der Waals surface area contributed by atoms with Gasteiger partial charge in [-0.3, -0.25) is 9.69 Å². The first-order chi connectivity index (χ1) is 13.0. The summed E-state index contributed by atoms with van der Waals surface area (Å²) >= 11 is 0. The number of aliphatic hydroxyl groups is 1. The summed E-state index contributed by atoms with van der Waals surface area (Å²) in [4.78, 5) is 14.2. The van der Waals surface area contributed by atoms with E-state index in [1.807, 2.05) is 61.5 Å². The average Bonchev–Trinajstić information content (AvgIpc) is 2.69. The first kappa shape index (κ1) is 19.4. The number of likely N-dealkylation sites (tertiary alicyclic amines) is 1. The minimum absolute atomic E-state index is 0.0141. The second-order valence-corrected chi connectivity index (χ2v) is 7.36. The van der Waals surface area contributed by atoms with Gasteiger partial charge < -0.3 is 15.2 Å². The highest BCUT2D eigenvalue weighted by molar-refractivity contribution is 5.78. The number of carbonyl (C=O) groups is 1. The summed E-state index contributed by atoms with van der Waals surface area (Å²) in [6.07, 6.45) is 1.20. The maximum atomic E-state index is 12.1. The number of piperidine rings is 1. The maximum absolute atomic E-state index is 12.1. The Bertz CT molecular complexity index is 723. The number of amides is 1. The van der Waals surface area contributed by atoms with Crippen molar-refractivity contribution in [2.75, 3.05) is 26.2 Å². The van der Waals surface area contributed by atoms with Crippen molar-refractivity contribution >= 4 is 5.91 Å². The number of nitrogens with zero attached hydrogens (tertiary/aromatic N) is 1. The van der Waals surface area contributed by atoms with E-state index in [1.165, 1.54) is 5.56 Å². The van der Waals surface area contributed by atoms with Crippen molar-refractivity contribution in [3.05, 3.63) is 65.7 Å². The normalized spacial score (nSPS) is 16.7. The molecule has 3 rings (SSSR count). The smallest absolute Gasteiger partial charge is 0.234 e. The van der Waals surface area contributed by atoms with E-state index in [2.05, 4.69) is 10.2 Å². The van der Waals surface area contributed by atoms with Crippen LogP contribution in [0.2, 0.25) is 0 Å². The van der Waals surface area contributed by atoms with E-state index in [1.54, 1.807) is 0 Å². The fourth-order valence-corrected chi connectivity index (χ4v) is 3.18. The number of benzene rings is 2. The molecular formula is C22H28N2O3. The predicted octanol–water partition coefficient (Wildman–Crippen LogP) is 2.52. The Kier molecular flexibility index (Phi) is 6.48. The van der Waals surface area contributed by atoms with Gasteiger partial charge in [0, 0.05) is 19.6 Å². The zero-order valence-corrected chi connectivity index (χ0v) is 15.9. The zero-order valence-electron chi connectivity index (χ0n) is 15.9. The van der Waals surface area contributed by atoms with Crippen LogP contribution in [-0.4, -0.2) is 47.8 Å². The van der Waals surface area contributed by atoms with E-state index in [-0.39, 0.29) is 12.5 Å². The lowest BCUT2D eigenvalue weighted by Crippen LogP contribution is -2.50. The Hall–Kier alpha value is -2.37. The summed E-state index contributed by atoms with van der Waals surface area (Å²) in [6.45, 7) is 4.59. The van der Waals surface area contributed by atoms with Gasteiger partial charge in [-0.1, -0.05) is 48.0 Å². The van der Waals surface area contributed by atoms with Gasteiger partial charge in [0.05, 0.1) is 6.54 Å². The average molecular weight is 368 g/mol. The van der Waals surface area contributed by atoms with Crippen molar-refractivity contribution in [1.29, 1.82) is 0 Å². The van der Waals surface area contributed by atoms with Gasteiger partial charge in [0.1, 0.15) is 18.0 Å². The molecule has 1 heterocycles. The monoisotopic (exact) mass is 368 g/mol. The highest BCUT2D eigenvalue weighted by Gasteiger charge is 2.33. The second-order valence-electron chi connectivity index (χ2n) is 7.36. The van der Waals surface area contributed by atoms with Gasteiger partial charge in [0.2, 0.25) is 5.91 Å². The molecule has 1 aliphatic rings. The van der Waals surface area contributed by atoms with E-state index in [4.69, 9.17) is 4.74 Å². The van der Waals surface area contributed by atoms with Crippen molar-refractivity contribution in [1.82, 2.24) is 10.2 Å². The molecule has 1 fully saturated rings. The van der Waals surface area contributed by atoms with Crippen molar-refractivity contribution < 1.29 is 14.6 Å². The molecule has 0 aliphatic carbocycles. The molecule has 1 aliphatic heterocycles. The van der Waals surface area contributed by atoms with Gasteiger partial charge in [-0.05, 0) is 37.5 Å². The fourth-order valence-electron chi connectivity index (χ4n) is 3.18. The van der Waals surface area contributed by atoms with Crippen molar-refractivity contribution in [3.8, 4) is 5.75 Å². The molecular weight excluding hydrogens is 340 g/mol. The third-order valence-electron chi connectivity index (χ3n) is 5.01. The lowest BCUT2D eigenvalue weighted by atomic mass is 9.92. The molecule has 2 aromatic carbocycles. The highest BCUT2D eigenvalue weighted by atomic mass is 16.5. The number of hydrogen-bond acceptors (Lipinski definition) is 4. The van der Waals surface area contributed by atoms with Crippen LogP contribution in [0.25, 0.3) is 0 Å². The van der Waals surface area contributed by atoms with Crippen LogP contribution in [0.15, 0.2) is 54.6 Å². The summed E-state index contributed by atoms with van der Waals surface area (Å²) < 4.78 is 5.76. The quantitative estimate of drug-likeness (QED) is 0.788. The number of rotatable bonds is 7. The van der Waals surface area contributed by atoms with Crippen LogP contribution in [0.4, 0.5) is 0 Å².